The van der Waals surface area contributed by atoms with Crippen molar-refractivity contribution in [3.05, 3.63) is 77.9 Å². The summed E-state index contributed by atoms with van der Waals surface area (Å²) in [5.41, 5.74) is 1.86. The van der Waals surface area contributed by atoms with Crippen molar-refractivity contribution in [3.8, 4) is 11.3 Å². The van der Waals surface area contributed by atoms with Crippen LogP contribution in [-0.4, -0.2) is 39.6 Å². The topological polar surface area (TPSA) is 83.4 Å². The van der Waals surface area contributed by atoms with Crippen molar-refractivity contribution in [1.82, 2.24) is 25.2 Å². The summed E-state index contributed by atoms with van der Waals surface area (Å²) in [4.78, 5) is 17.1. The molecule has 1 amide bonds. The number of carbonyl (C=O) groups is 1. The van der Waals surface area contributed by atoms with Crippen LogP contribution in [-0.2, 0) is 6.18 Å². The highest BCUT2D eigenvalue weighted by atomic mass is 19.4. The maximum absolute atomic E-state index is 13.2. The molecule has 0 saturated carbocycles. The molecule has 37 heavy (non-hydrogen) atoms. The first-order chi connectivity index (χ1) is 17.8. The van der Waals surface area contributed by atoms with Crippen LogP contribution in [0.5, 0.6) is 0 Å². The molecule has 7 nitrogen and oxygen atoms in total. The highest BCUT2D eigenvalue weighted by molar-refractivity contribution is 5.94. The van der Waals surface area contributed by atoms with Crippen LogP contribution in [0.3, 0.4) is 0 Å². The summed E-state index contributed by atoms with van der Waals surface area (Å²) in [6.07, 6.45) is -2.34. The van der Waals surface area contributed by atoms with Gasteiger partial charge in [-0.1, -0.05) is 18.2 Å². The Morgan fingerprint density at radius 3 is 2.51 bits per heavy atom. The van der Waals surface area contributed by atoms with Crippen molar-refractivity contribution in [2.75, 3.05) is 18.4 Å². The second-order valence-electron chi connectivity index (χ2n) is 9.25. The van der Waals surface area contributed by atoms with Gasteiger partial charge in [0.25, 0.3) is 5.91 Å². The van der Waals surface area contributed by atoms with E-state index in [2.05, 4.69) is 26.0 Å². The average Bonchev–Trinajstić information content (AvgIpc) is 3.31. The third-order valence-electron chi connectivity index (χ3n) is 6.70. The number of nitrogens with one attached hydrogen (secondary N) is 3. The van der Waals surface area contributed by atoms with Crippen LogP contribution in [0.15, 0.2) is 66.7 Å². The normalized spacial score (nSPS) is 15.5. The van der Waals surface area contributed by atoms with Crippen LogP contribution >= 0.6 is 0 Å². The molecule has 1 aliphatic rings. The summed E-state index contributed by atoms with van der Waals surface area (Å²) < 4.78 is 41.1. The molecule has 1 saturated heterocycles. The first kappa shape index (κ1) is 24.8. The minimum Gasteiger partial charge on any atom is -0.349 e. The van der Waals surface area contributed by atoms with Crippen LogP contribution in [0.1, 0.15) is 35.7 Å². The van der Waals surface area contributed by atoms with Crippen molar-refractivity contribution < 1.29 is 18.0 Å². The molecular formula is C27H27F3N6O. The minimum absolute atomic E-state index is 0.0978. The summed E-state index contributed by atoms with van der Waals surface area (Å²) in [6.45, 7) is 4.00. The first-order valence-electron chi connectivity index (χ1n) is 12.2. The number of rotatable bonds is 6. The Balaban J connectivity index is 1.30. The van der Waals surface area contributed by atoms with Crippen LogP contribution in [0.25, 0.3) is 16.9 Å². The molecule has 1 fully saturated rings. The fourth-order valence-corrected chi connectivity index (χ4v) is 4.62. The highest BCUT2D eigenvalue weighted by Gasteiger charge is 2.30. The Kier molecular flexibility index (Phi) is 6.84. The molecule has 5 rings (SSSR count). The number of pyridine rings is 1. The molecule has 3 heterocycles. The lowest BCUT2D eigenvalue weighted by Crippen LogP contribution is -2.42. The van der Waals surface area contributed by atoms with Gasteiger partial charge in [-0.3, -0.25) is 4.79 Å². The Hall–Kier alpha value is -3.92. The van der Waals surface area contributed by atoms with Crippen LogP contribution in [0.4, 0.5) is 24.8 Å². The summed E-state index contributed by atoms with van der Waals surface area (Å²) in [5.74, 6) is 0.637. The number of aromatic nitrogens is 3. The molecule has 0 aliphatic carbocycles. The average molecular weight is 509 g/mol. The molecule has 10 heteroatoms. The number of halogens is 3. The van der Waals surface area contributed by atoms with Crippen LogP contribution < -0.4 is 16.0 Å². The van der Waals surface area contributed by atoms with E-state index >= 15 is 0 Å². The number of anilines is 2. The van der Waals surface area contributed by atoms with Gasteiger partial charge in [-0.15, -0.1) is 5.10 Å². The summed E-state index contributed by atoms with van der Waals surface area (Å²) in [6, 6.07) is 17.4. The summed E-state index contributed by atoms with van der Waals surface area (Å²) in [7, 11) is 0. The largest absolute Gasteiger partial charge is 0.416 e. The molecule has 2 aromatic heterocycles. The van der Waals surface area contributed by atoms with E-state index in [9.17, 15) is 18.0 Å². The summed E-state index contributed by atoms with van der Waals surface area (Å²) >= 11 is 0. The fraction of sp³-hybridized carbons (Fsp3) is 0.296. The van der Waals surface area contributed by atoms with E-state index in [0.29, 0.717) is 34.1 Å². The van der Waals surface area contributed by atoms with Gasteiger partial charge in [0, 0.05) is 22.9 Å². The second-order valence-corrected chi connectivity index (χ2v) is 9.25. The van der Waals surface area contributed by atoms with E-state index in [1.165, 1.54) is 10.6 Å². The van der Waals surface area contributed by atoms with Gasteiger partial charge < -0.3 is 16.0 Å². The number of alkyl halides is 3. The Labute approximate surface area is 212 Å². The molecule has 0 radical (unpaired) electrons. The number of nitrogens with zero attached hydrogens (tertiary/aromatic N) is 3. The van der Waals surface area contributed by atoms with E-state index in [1.54, 1.807) is 48.5 Å². The van der Waals surface area contributed by atoms with Crippen molar-refractivity contribution >= 4 is 23.2 Å². The lowest BCUT2D eigenvalue weighted by Gasteiger charge is -2.28. The van der Waals surface area contributed by atoms with E-state index in [4.69, 9.17) is 0 Å². The molecule has 0 spiro atoms. The number of fused-ring (bicyclic) bond motifs is 1. The van der Waals surface area contributed by atoms with Crippen molar-refractivity contribution in [2.24, 2.45) is 5.92 Å². The number of hydrogen-bond donors (Lipinski definition) is 3. The maximum atomic E-state index is 13.2. The molecule has 1 aliphatic heterocycles. The van der Waals surface area contributed by atoms with Gasteiger partial charge in [-0.2, -0.15) is 18.2 Å². The quantitative estimate of drug-likeness (QED) is 0.330. The number of hydrogen-bond acceptors (Lipinski definition) is 5. The molecular weight excluding hydrogens is 481 g/mol. The van der Waals surface area contributed by atoms with Crippen LogP contribution in [0, 0.1) is 5.92 Å². The number of carbonyl (C=O) groups excluding carboxylic acids is 1. The fourth-order valence-electron chi connectivity index (χ4n) is 4.62. The smallest absolute Gasteiger partial charge is 0.349 e. The van der Waals surface area contributed by atoms with Gasteiger partial charge in [0.1, 0.15) is 0 Å². The Morgan fingerprint density at radius 2 is 1.78 bits per heavy atom. The lowest BCUT2D eigenvalue weighted by molar-refractivity contribution is -0.137. The molecule has 2 aromatic carbocycles. The van der Waals surface area contributed by atoms with Crippen molar-refractivity contribution in [1.29, 1.82) is 0 Å². The van der Waals surface area contributed by atoms with E-state index < -0.39 is 11.7 Å². The lowest BCUT2D eigenvalue weighted by atomic mass is 9.91. The number of benzene rings is 2. The minimum atomic E-state index is -4.44. The second kappa shape index (κ2) is 10.2. The van der Waals surface area contributed by atoms with E-state index in [1.807, 2.05) is 6.92 Å². The van der Waals surface area contributed by atoms with Gasteiger partial charge in [0.15, 0.2) is 5.65 Å². The Morgan fingerprint density at radius 1 is 1.05 bits per heavy atom. The predicted molar refractivity (Wildman–Crippen MR) is 136 cm³/mol. The summed E-state index contributed by atoms with van der Waals surface area (Å²) in [5, 5.41) is 14.0. The SMILES string of the molecule is CC(NC(=O)c1ccc(Nc2nc3cccc(-c4cccc(C(F)(F)F)c4)n3n2)cc1)C1CCNCC1. The van der Waals surface area contributed by atoms with Gasteiger partial charge >= 0.3 is 6.18 Å². The molecule has 192 valence electrons. The standard InChI is InChI=1S/C27H27F3N6O/c1-17(18-12-14-31-15-13-18)32-25(37)19-8-10-22(11-9-19)33-26-34-24-7-3-6-23(36(24)35-26)20-4-2-5-21(16-20)27(28,29)30/h2-11,16-18,31H,12-15H2,1H3,(H,32,37)(H,33,35). The molecule has 4 aromatic rings. The Bertz CT molecular complexity index is 1390. The molecule has 0 bridgehead atoms. The maximum Gasteiger partial charge on any atom is 0.416 e. The first-order valence-corrected chi connectivity index (χ1v) is 12.2. The van der Waals surface area contributed by atoms with Crippen LogP contribution in [0.2, 0.25) is 0 Å². The molecule has 1 unspecified atom stereocenters. The third-order valence-corrected chi connectivity index (χ3v) is 6.70. The van der Waals surface area contributed by atoms with Gasteiger partial charge in [-0.05, 0) is 87.3 Å². The number of amides is 1. The monoisotopic (exact) mass is 508 g/mol. The van der Waals surface area contributed by atoms with Crippen molar-refractivity contribution in [2.45, 2.75) is 32.0 Å². The predicted octanol–water partition coefficient (Wildman–Crippen LogP) is 5.28. The van der Waals surface area contributed by atoms with Gasteiger partial charge in [0.2, 0.25) is 5.95 Å². The zero-order valence-electron chi connectivity index (χ0n) is 20.2. The van der Waals surface area contributed by atoms with Crippen molar-refractivity contribution in [3.63, 3.8) is 0 Å². The van der Waals surface area contributed by atoms with E-state index in [-0.39, 0.29) is 17.9 Å². The molecule has 1 atom stereocenters. The third kappa shape index (κ3) is 5.59. The zero-order chi connectivity index (χ0) is 26.0. The van der Waals surface area contributed by atoms with Gasteiger partial charge in [0.05, 0.1) is 11.3 Å². The van der Waals surface area contributed by atoms with E-state index in [0.717, 1.165) is 38.1 Å². The number of piperidine rings is 1. The zero-order valence-corrected chi connectivity index (χ0v) is 20.2. The highest BCUT2D eigenvalue weighted by Crippen LogP contribution is 2.32. The van der Waals surface area contributed by atoms with Gasteiger partial charge in [-0.25, -0.2) is 4.52 Å². The molecule has 3 N–H and O–H groups in total.